The van der Waals surface area contributed by atoms with Gasteiger partial charge in [0.2, 0.25) is 0 Å². The molecule has 1 heterocycles. The number of hydrogen-bond donors (Lipinski definition) is 0. The van der Waals surface area contributed by atoms with E-state index in [0.29, 0.717) is 27.8 Å². The lowest BCUT2D eigenvalue weighted by Crippen LogP contribution is -2.04. The second-order valence-electron chi connectivity index (χ2n) is 3.80. The molecule has 0 atom stereocenters. The molecule has 0 radical (unpaired) electrons. The van der Waals surface area contributed by atoms with Crippen LogP contribution < -0.4 is 4.74 Å². The molecule has 0 N–H and O–H groups in total. The van der Waals surface area contributed by atoms with Gasteiger partial charge in [0.05, 0.1) is 14.2 Å². The Morgan fingerprint density at radius 1 is 1.37 bits per heavy atom. The van der Waals surface area contributed by atoms with Crippen LogP contribution in [0.3, 0.4) is 0 Å². The van der Waals surface area contributed by atoms with Crippen LogP contribution in [0.5, 0.6) is 5.75 Å². The minimum absolute atomic E-state index is 0.267. The Morgan fingerprint density at radius 2 is 2.11 bits per heavy atom. The van der Waals surface area contributed by atoms with E-state index in [1.54, 1.807) is 25.1 Å². The van der Waals surface area contributed by atoms with Crippen LogP contribution in [0.4, 0.5) is 0 Å². The van der Waals surface area contributed by atoms with Crippen molar-refractivity contribution < 1.29 is 18.8 Å². The summed E-state index contributed by atoms with van der Waals surface area (Å²) in [6, 6.07) is 5.04. The summed E-state index contributed by atoms with van der Waals surface area (Å²) in [4.78, 5) is 11.8. The van der Waals surface area contributed by atoms with Gasteiger partial charge in [0, 0.05) is 10.6 Å². The first-order valence-corrected chi connectivity index (χ1v) is 5.84. The number of carbonyl (C=O) groups is 1. The molecule has 0 saturated carbocycles. The quantitative estimate of drug-likeness (QED) is 0.809. The van der Waals surface area contributed by atoms with E-state index in [4.69, 9.17) is 25.6 Å². The van der Waals surface area contributed by atoms with Crippen molar-refractivity contribution in [2.24, 2.45) is 0 Å². The third-order valence-electron chi connectivity index (χ3n) is 2.67. The molecule has 0 saturated heterocycles. The van der Waals surface area contributed by atoms with Crippen LogP contribution in [0, 0.1) is 6.92 Å². The molecule has 19 heavy (non-hydrogen) atoms. The Bertz CT molecular complexity index is 621. The molecule has 5 nitrogen and oxygen atoms in total. The average molecular weight is 282 g/mol. The summed E-state index contributed by atoms with van der Waals surface area (Å²) in [5.74, 6) is 0.405. The number of ether oxygens (including phenoxy) is 2. The van der Waals surface area contributed by atoms with Gasteiger partial charge >= 0.3 is 5.97 Å². The van der Waals surface area contributed by atoms with E-state index in [0.717, 1.165) is 0 Å². The first kappa shape index (κ1) is 13.4. The van der Waals surface area contributed by atoms with Crippen molar-refractivity contribution in [3.05, 3.63) is 34.5 Å². The SMILES string of the molecule is COC(=O)c1c(-c2cc(Cl)ccc2OC)noc1C. The first-order chi connectivity index (χ1) is 9.08. The van der Waals surface area contributed by atoms with Crippen LogP contribution in [0.25, 0.3) is 11.3 Å². The van der Waals surface area contributed by atoms with Gasteiger partial charge < -0.3 is 14.0 Å². The molecule has 0 fully saturated rings. The lowest BCUT2D eigenvalue weighted by atomic mass is 10.1. The van der Waals surface area contributed by atoms with E-state index in [-0.39, 0.29) is 5.56 Å². The predicted octanol–water partition coefficient (Wildman–Crippen LogP) is 3.10. The minimum Gasteiger partial charge on any atom is -0.496 e. The number of benzene rings is 1. The zero-order valence-electron chi connectivity index (χ0n) is 10.7. The summed E-state index contributed by atoms with van der Waals surface area (Å²) in [6.07, 6.45) is 0. The summed E-state index contributed by atoms with van der Waals surface area (Å²) in [5.41, 5.74) is 1.19. The molecule has 0 amide bonds. The molecule has 0 aliphatic rings. The fourth-order valence-electron chi connectivity index (χ4n) is 1.76. The molecule has 0 aliphatic heterocycles. The van der Waals surface area contributed by atoms with Crippen molar-refractivity contribution in [1.29, 1.82) is 0 Å². The molecule has 1 aromatic heterocycles. The predicted molar refractivity (Wildman–Crippen MR) is 69.6 cm³/mol. The highest BCUT2D eigenvalue weighted by atomic mass is 35.5. The van der Waals surface area contributed by atoms with Crippen molar-refractivity contribution in [3.8, 4) is 17.0 Å². The molecule has 2 rings (SSSR count). The van der Waals surface area contributed by atoms with Crippen LogP contribution in [-0.2, 0) is 4.74 Å². The van der Waals surface area contributed by atoms with E-state index in [1.807, 2.05) is 0 Å². The second-order valence-corrected chi connectivity index (χ2v) is 4.23. The van der Waals surface area contributed by atoms with E-state index >= 15 is 0 Å². The summed E-state index contributed by atoms with van der Waals surface area (Å²) in [7, 11) is 2.82. The third kappa shape index (κ3) is 2.42. The zero-order chi connectivity index (χ0) is 14.0. The Hall–Kier alpha value is -2.01. The van der Waals surface area contributed by atoms with Crippen molar-refractivity contribution in [2.45, 2.75) is 6.92 Å². The van der Waals surface area contributed by atoms with Gasteiger partial charge in [0.25, 0.3) is 0 Å². The van der Waals surface area contributed by atoms with Gasteiger partial charge in [-0.15, -0.1) is 0 Å². The molecule has 6 heteroatoms. The third-order valence-corrected chi connectivity index (χ3v) is 2.90. The standard InChI is InChI=1S/C13H12ClNO4/c1-7-11(13(16)18-3)12(15-19-7)9-6-8(14)4-5-10(9)17-2/h4-6H,1-3H3. The van der Waals surface area contributed by atoms with Crippen molar-refractivity contribution in [2.75, 3.05) is 14.2 Å². The topological polar surface area (TPSA) is 61.6 Å². The number of halogens is 1. The molecule has 100 valence electrons. The number of nitrogens with zero attached hydrogens (tertiary/aromatic N) is 1. The molecule has 0 bridgehead atoms. The fraction of sp³-hybridized carbons (Fsp3) is 0.231. The van der Waals surface area contributed by atoms with Gasteiger partial charge in [-0.2, -0.15) is 0 Å². The maximum atomic E-state index is 11.8. The Balaban J connectivity index is 2.65. The van der Waals surface area contributed by atoms with Gasteiger partial charge in [-0.25, -0.2) is 4.79 Å². The number of carbonyl (C=O) groups excluding carboxylic acids is 1. The molecule has 0 aliphatic carbocycles. The summed E-state index contributed by atoms with van der Waals surface area (Å²) in [6.45, 7) is 1.64. The largest absolute Gasteiger partial charge is 0.496 e. The maximum Gasteiger partial charge on any atom is 0.343 e. The normalized spacial score (nSPS) is 10.3. The van der Waals surface area contributed by atoms with Gasteiger partial charge in [-0.05, 0) is 25.1 Å². The highest BCUT2D eigenvalue weighted by molar-refractivity contribution is 6.31. The van der Waals surface area contributed by atoms with Crippen LogP contribution in [0.15, 0.2) is 22.7 Å². The van der Waals surface area contributed by atoms with E-state index in [2.05, 4.69) is 5.16 Å². The van der Waals surface area contributed by atoms with Crippen molar-refractivity contribution >= 4 is 17.6 Å². The minimum atomic E-state index is -0.518. The molecule has 0 unspecified atom stereocenters. The van der Waals surface area contributed by atoms with Crippen molar-refractivity contribution in [1.82, 2.24) is 5.16 Å². The number of hydrogen-bond acceptors (Lipinski definition) is 5. The lowest BCUT2D eigenvalue weighted by Gasteiger charge is -2.07. The second kappa shape index (κ2) is 5.32. The lowest BCUT2D eigenvalue weighted by molar-refractivity contribution is 0.0599. The highest BCUT2D eigenvalue weighted by Gasteiger charge is 2.24. The van der Waals surface area contributed by atoms with Gasteiger partial charge in [-0.3, -0.25) is 0 Å². The fourth-order valence-corrected chi connectivity index (χ4v) is 1.94. The smallest absolute Gasteiger partial charge is 0.343 e. The van der Waals surface area contributed by atoms with Crippen LogP contribution >= 0.6 is 11.6 Å². The van der Waals surface area contributed by atoms with Crippen molar-refractivity contribution in [3.63, 3.8) is 0 Å². The monoisotopic (exact) mass is 281 g/mol. The summed E-state index contributed by atoms with van der Waals surface area (Å²) in [5, 5.41) is 4.40. The number of aryl methyl sites for hydroxylation is 1. The average Bonchev–Trinajstić information content (AvgIpc) is 2.79. The Morgan fingerprint density at radius 3 is 2.74 bits per heavy atom. The van der Waals surface area contributed by atoms with Gasteiger partial charge in [0.1, 0.15) is 22.8 Å². The van der Waals surface area contributed by atoms with Crippen LogP contribution in [0.1, 0.15) is 16.1 Å². The maximum absolute atomic E-state index is 11.8. The first-order valence-electron chi connectivity index (χ1n) is 5.47. The molecule has 1 aromatic carbocycles. The zero-order valence-corrected chi connectivity index (χ0v) is 11.4. The molecular weight excluding hydrogens is 270 g/mol. The number of esters is 1. The van der Waals surface area contributed by atoms with Crippen LogP contribution in [-0.4, -0.2) is 25.3 Å². The molecule has 0 spiro atoms. The van der Waals surface area contributed by atoms with E-state index in [1.165, 1.54) is 14.2 Å². The highest BCUT2D eigenvalue weighted by Crippen LogP contribution is 2.35. The summed E-state index contributed by atoms with van der Waals surface area (Å²) < 4.78 is 15.0. The number of rotatable bonds is 3. The van der Waals surface area contributed by atoms with Crippen LogP contribution in [0.2, 0.25) is 5.02 Å². The molecular formula is C13H12ClNO4. The van der Waals surface area contributed by atoms with E-state index in [9.17, 15) is 4.79 Å². The van der Waals surface area contributed by atoms with Gasteiger partial charge in [0.15, 0.2) is 0 Å². The van der Waals surface area contributed by atoms with Gasteiger partial charge in [-0.1, -0.05) is 16.8 Å². The van der Waals surface area contributed by atoms with E-state index < -0.39 is 5.97 Å². The Labute approximate surface area is 115 Å². The number of methoxy groups -OCH3 is 2. The number of aromatic nitrogens is 1. The Kier molecular flexibility index (Phi) is 3.76. The molecule has 2 aromatic rings. The summed E-state index contributed by atoms with van der Waals surface area (Å²) >= 11 is 5.97.